The molecule has 0 fully saturated rings. The molecule has 0 aliphatic heterocycles. The zero-order valence-electron chi connectivity index (χ0n) is 12.7. The third-order valence-corrected chi connectivity index (χ3v) is 3.62. The van der Waals surface area contributed by atoms with Crippen molar-refractivity contribution in [1.29, 1.82) is 0 Å². The molecule has 2 aromatic rings. The molecule has 2 N–H and O–H groups in total. The van der Waals surface area contributed by atoms with Gasteiger partial charge in [-0.25, -0.2) is 0 Å². The third-order valence-electron chi connectivity index (χ3n) is 3.62. The number of hydrogen-bond donors (Lipinski definition) is 2. The topological polar surface area (TPSA) is 41.5 Å². The van der Waals surface area contributed by atoms with E-state index in [1.54, 1.807) is 0 Å². The maximum atomic E-state index is 9.89. The lowest BCUT2D eigenvalue weighted by molar-refractivity contribution is 0.169. The molecular formula is C18H23NO2. The van der Waals surface area contributed by atoms with E-state index in [4.69, 9.17) is 4.74 Å². The Morgan fingerprint density at radius 1 is 1.05 bits per heavy atom. The molecule has 2 rings (SSSR count). The molecule has 0 saturated heterocycles. The molecule has 21 heavy (non-hydrogen) atoms. The first-order valence-corrected chi connectivity index (χ1v) is 7.31. The Balaban J connectivity index is 2.20. The molecule has 0 heterocycles. The number of aliphatic hydroxyl groups is 1. The summed E-state index contributed by atoms with van der Waals surface area (Å²) in [5, 5.41) is 13.3. The Bertz CT molecular complexity index is 556. The van der Waals surface area contributed by atoms with Gasteiger partial charge >= 0.3 is 0 Å². The van der Waals surface area contributed by atoms with Crippen molar-refractivity contribution in [3.8, 4) is 5.75 Å². The fourth-order valence-corrected chi connectivity index (χ4v) is 2.33. The van der Waals surface area contributed by atoms with E-state index in [1.165, 1.54) is 5.56 Å². The molecule has 0 radical (unpaired) electrons. The Hall–Kier alpha value is -1.84. The number of hydrogen-bond acceptors (Lipinski definition) is 3. The van der Waals surface area contributed by atoms with E-state index in [-0.39, 0.29) is 6.61 Å². The highest BCUT2D eigenvalue weighted by atomic mass is 16.5. The molecule has 1 atom stereocenters. The van der Waals surface area contributed by atoms with E-state index in [2.05, 4.69) is 17.4 Å². The van der Waals surface area contributed by atoms with Gasteiger partial charge in [-0.1, -0.05) is 48.5 Å². The minimum Gasteiger partial charge on any atom is -0.494 e. The summed E-state index contributed by atoms with van der Waals surface area (Å²) >= 11 is 0. The highest BCUT2D eigenvalue weighted by Gasteiger charge is 2.28. The van der Waals surface area contributed by atoms with Crippen molar-refractivity contribution in [3.63, 3.8) is 0 Å². The molecule has 0 aromatic heterocycles. The molecule has 112 valence electrons. The Morgan fingerprint density at radius 3 is 2.38 bits per heavy atom. The average Bonchev–Trinajstić information content (AvgIpc) is 2.54. The second kappa shape index (κ2) is 7.25. The van der Waals surface area contributed by atoms with Gasteiger partial charge in [0.25, 0.3) is 0 Å². The van der Waals surface area contributed by atoms with Crippen molar-refractivity contribution < 1.29 is 9.84 Å². The van der Waals surface area contributed by atoms with Gasteiger partial charge in [0.15, 0.2) is 0 Å². The van der Waals surface area contributed by atoms with Crippen LogP contribution in [0.15, 0.2) is 54.6 Å². The largest absolute Gasteiger partial charge is 0.494 e. The molecule has 0 bridgehead atoms. The highest BCUT2D eigenvalue weighted by Crippen LogP contribution is 2.30. The van der Waals surface area contributed by atoms with E-state index in [9.17, 15) is 5.11 Å². The molecule has 0 aliphatic rings. The van der Waals surface area contributed by atoms with E-state index in [1.807, 2.05) is 56.3 Å². The fraction of sp³-hybridized carbons (Fsp3) is 0.333. The lowest BCUT2D eigenvalue weighted by Crippen LogP contribution is -2.42. The van der Waals surface area contributed by atoms with Crippen LogP contribution in [0.1, 0.15) is 25.0 Å². The summed E-state index contributed by atoms with van der Waals surface area (Å²) in [6.45, 7) is 5.26. The van der Waals surface area contributed by atoms with Gasteiger partial charge in [-0.15, -0.1) is 0 Å². The summed E-state index contributed by atoms with van der Waals surface area (Å²) in [6.07, 6.45) is 0. The van der Waals surface area contributed by atoms with Gasteiger partial charge in [0, 0.05) is 12.1 Å². The normalized spacial score (nSPS) is 13.7. The summed E-state index contributed by atoms with van der Waals surface area (Å²) in [6, 6.07) is 18.0. The SMILES string of the molecule is CCOc1ccccc1C(C)(CO)NCc1ccccc1. The standard InChI is InChI=1S/C18H23NO2/c1-3-21-17-12-8-7-11-16(17)18(2,14-20)19-13-15-9-5-4-6-10-15/h4-12,19-20H,3,13-14H2,1-2H3. The van der Waals surface area contributed by atoms with E-state index < -0.39 is 5.54 Å². The zero-order valence-corrected chi connectivity index (χ0v) is 12.7. The number of ether oxygens (including phenoxy) is 1. The van der Waals surface area contributed by atoms with Gasteiger partial charge in [-0.05, 0) is 25.5 Å². The van der Waals surface area contributed by atoms with Crippen LogP contribution in [0.3, 0.4) is 0 Å². The summed E-state index contributed by atoms with van der Waals surface area (Å²) in [4.78, 5) is 0. The fourth-order valence-electron chi connectivity index (χ4n) is 2.33. The van der Waals surface area contributed by atoms with E-state index >= 15 is 0 Å². The molecule has 2 aromatic carbocycles. The average molecular weight is 285 g/mol. The van der Waals surface area contributed by atoms with Gasteiger partial charge < -0.3 is 15.2 Å². The van der Waals surface area contributed by atoms with Crippen molar-refractivity contribution in [2.75, 3.05) is 13.2 Å². The molecule has 3 heteroatoms. The van der Waals surface area contributed by atoms with Gasteiger partial charge in [0.05, 0.1) is 18.8 Å². The Kier molecular flexibility index (Phi) is 5.37. The molecule has 3 nitrogen and oxygen atoms in total. The lowest BCUT2D eigenvalue weighted by Gasteiger charge is -2.31. The molecule has 0 amide bonds. The van der Waals surface area contributed by atoms with E-state index in [0.29, 0.717) is 13.2 Å². The second-order valence-electron chi connectivity index (χ2n) is 5.26. The Labute approximate surface area is 126 Å². The van der Waals surface area contributed by atoms with Crippen LogP contribution in [0.4, 0.5) is 0 Å². The van der Waals surface area contributed by atoms with Gasteiger partial charge in [0.1, 0.15) is 5.75 Å². The second-order valence-corrected chi connectivity index (χ2v) is 5.26. The van der Waals surface area contributed by atoms with Crippen LogP contribution in [-0.2, 0) is 12.1 Å². The number of benzene rings is 2. The van der Waals surface area contributed by atoms with Crippen LogP contribution in [0, 0.1) is 0 Å². The van der Waals surface area contributed by atoms with Gasteiger partial charge in [-0.2, -0.15) is 0 Å². The molecular weight excluding hydrogens is 262 g/mol. The molecule has 0 spiro atoms. The number of para-hydroxylation sites is 1. The van der Waals surface area contributed by atoms with Gasteiger partial charge in [0.2, 0.25) is 0 Å². The molecule has 0 aliphatic carbocycles. The summed E-state index contributed by atoms with van der Waals surface area (Å²) in [5.74, 6) is 0.817. The number of rotatable bonds is 7. The summed E-state index contributed by atoms with van der Waals surface area (Å²) < 4.78 is 5.69. The monoisotopic (exact) mass is 285 g/mol. The van der Waals surface area contributed by atoms with Crippen molar-refractivity contribution in [2.24, 2.45) is 0 Å². The van der Waals surface area contributed by atoms with Crippen LogP contribution in [0.5, 0.6) is 5.75 Å². The molecule has 0 saturated carbocycles. The van der Waals surface area contributed by atoms with E-state index in [0.717, 1.165) is 11.3 Å². The number of aliphatic hydroxyl groups excluding tert-OH is 1. The maximum absolute atomic E-state index is 9.89. The third kappa shape index (κ3) is 3.84. The predicted molar refractivity (Wildman–Crippen MR) is 85.3 cm³/mol. The van der Waals surface area contributed by atoms with Crippen LogP contribution in [0.2, 0.25) is 0 Å². The predicted octanol–water partition coefficient (Wildman–Crippen LogP) is 3.08. The smallest absolute Gasteiger partial charge is 0.124 e. The first-order chi connectivity index (χ1) is 10.2. The van der Waals surface area contributed by atoms with Crippen molar-refractivity contribution in [1.82, 2.24) is 5.32 Å². The van der Waals surface area contributed by atoms with Gasteiger partial charge in [-0.3, -0.25) is 0 Å². The lowest BCUT2D eigenvalue weighted by atomic mass is 9.91. The van der Waals surface area contributed by atoms with Crippen molar-refractivity contribution in [2.45, 2.75) is 25.9 Å². The quantitative estimate of drug-likeness (QED) is 0.821. The number of nitrogens with one attached hydrogen (secondary N) is 1. The van der Waals surface area contributed by atoms with Crippen LogP contribution in [0.25, 0.3) is 0 Å². The Morgan fingerprint density at radius 2 is 1.71 bits per heavy atom. The van der Waals surface area contributed by atoms with Crippen LogP contribution < -0.4 is 10.1 Å². The van der Waals surface area contributed by atoms with Crippen LogP contribution in [-0.4, -0.2) is 18.3 Å². The van der Waals surface area contributed by atoms with Crippen LogP contribution >= 0.6 is 0 Å². The zero-order chi connectivity index (χ0) is 15.1. The summed E-state index contributed by atoms with van der Waals surface area (Å²) in [5.41, 5.74) is 1.62. The first-order valence-electron chi connectivity index (χ1n) is 7.31. The minimum atomic E-state index is -0.540. The first kappa shape index (κ1) is 15.5. The molecule has 1 unspecified atom stereocenters. The van der Waals surface area contributed by atoms with Crippen molar-refractivity contribution >= 4 is 0 Å². The minimum absolute atomic E-state index is 0.00389. The summed E-state index contributed by atoms with van der Waals surface area (Å²) in [7, 11) is 0. The van der Waals surface area contributed by atoms with Crippen molar-refractivity contribution in [3.05, 3.63) is 65.7 Å². The highest BCUT2D eigenvalue weighted by molar-refractivity contribution is 5.39. The maximum Gasteiger partial charge on any atom is 0.124 e.